The van der Waals surface area contributed by atoms with E-state index in [0.29, 0.717) is 5.56 Å². The Morgan fingerprint density at radius 3 is 2.50 bits per heavy atom. The summed E-state index contributed by atoms with van der Waals surface area (Å²) < 4.78 is 0. The third-order valence-corrected chi connectivity index (χ3v) is 3.52. The van der Waals surface area contributed by atoms with Crippen LogP contribution in [0.2, 0.25) is 0 Å². The molecule has 86 valence electrons. The van der Waals surface area contributed by atoms with Crippen LogP contribution in [-0.4, -0.2) is 16.9 Å². The number of rotatable bonds is 4. The zero-order chi connectivity index (χ0) is 12.3. The summed E-state index contributed by atoms with van der Waals surface area (Å²) in [5.41, 5.74) is 1.72. The monoisotopic (exact) mass is 284 g/mol. The SMILES string of the molecule is CCc1ccc(C(=O)O)c(C(Br)C(C)=O)c1. The quantitative estimate of drug-likeness (QED) is 0.865. The van der Waals surface area contributed by atoms with Gasteiger partial charge < -0.3 is 5.11 Å². The van der Waals surface area contributed by atoms with Crippen LogP contribution in [0.1, 0.15) is 40.2 Å². The average molecular weight is 285 g/mol. The lowest BCUT2D eigenvalue weighted by molar-refractivity contribution is -0.116. The summed E-state index contributed by atoms with van der Waals surface area (Å²) in [6, 6.07) is 5.09. The smallest absolute Gasteiger partial charge is 0.336 e. The van der Waals surface area contributed by atoms with E-state index in [4.69, 9.17) is 5.11 Å². The Kier molecular flexibility index (Phi) is 4.24. The topological polar surface area (TPSA) is 54.4 Å². The molecule has 1 atom stereocenters. The van der Waals surface area contributed by atoms with Gasteiger partial charge >= 0.3 is 5.97 Å². The Bertz CT molecular complexity index is 426. The lowest BCUT2D eigenvalue weighted by Crippen LogP contribution is -2.09. The molecule has 3 nitrogen and oxygen atoms in total. The number of aryl methyl sites for hydroxylation is 1. The molecule has 0 fully saturated rings. The summed E-state index contributed by atoms with van der Waals surface area (Å²) in [4.78, 5) is 21.7. The molecule has 0 heterocycles. The normalized spacial score (nSPS) is 12.2. The Morgan fingerprint density at radius 1 is 1.44 bits per heavy atom. The van der Waals surface area contributed by atoms with Crippen molar-refractivity contribution in [3.8, 4) is 0 Å². The van der Waals surface area contributed by atoms with Gasteiger partial charge in [-0.05, 0) is 30.5 Å². The van der Waals surface area contributed by atoms with Gasteiger partial charge in [-0.25, -0.2) is 4.79 Å². The van der Waals surface area contributed by atoms with Crippen molar-refractivity contribution in [2.24, 2.45) is 0 Å². The number of Topliss-reactive ketones (excluding diaryl/α,β-unsaturated/α-hetero) is 1. The van der Waals surface area contributed by atoms with Crippen LogP contribution in [0, 0.1) is 0 Å². The molecular weight excluding hydrogens is 272 g/mol. The molecule has 0 bridgehead atoms. The van der Waals surface area contributed by atoms with E-state index in [-0.39, 0.29) is 11.3 Å². The van der Waals surface area contributed by atoms with Gasteiger partial charge in [0.2, 0.25) is 0 Å². The highest BCUT2D eigenvalue weighted by molar-refractivity contribution is 9.09. The lowest BCUT2D eigenvalue weighted by Gasteiger charge is -2.11. The molecule has 1 aromatic rings. The summed E-state index contributed by atoms with van der Waals surface area (Å²) in [6.45, 7) is 3.42. The summed E-state index contributed by atoms with van der Waals surface area (Å²) in [5.74, 6) is -1.11. The number of alkyl halides is 1. The Morgan fingerprint density at radius 2 is 2.06 bits per heavy atom. The molecule has 1 unspecified atom stereocenters. The van der Waals surface area contributed by atoms with Crippen LogP contribution in [0.15, 0.2) is 18.2 Å². The highest BCUT2D eigenvalue weighted by Crippen LogP contribution is 2.28. The first-order chi connectivity index (χ1) is 7.47. The lowest BCUT2D eigenvalue weighted by atomic mass is 9.99. The molecule has 0 spiro atoms. The van der Waals surface area contributed by atoms with Gasteiger partial charge in [-0.1, -0.05) is 35.0 Å². The highest BCUT2D eigenvalue weighted by Gasteiger charge is 2.20. The van der Waals surface area contributed by atoms with Crippen LogP contribution in [-0.2, 0) is 11.2 Å². The van der Waals surface area contributed by atoms with Crippen molar-refractivity contribution in [2.75, 3.05) is 0 Å². The molecule has 0 radical (unpaired) electrons. The van der Waals surface area contributed by atoms with Gasteiger partial charge in [0.15, 0.2) is 0 Å². The van der Waals surface area contributed by atoms with Crippen LogP contribution >= 0.6 is 15.9 Å². The summed E-state index contributed by atoms with van der Waals surface area (Å²) in [7, 11) is 0. The Labute approximate surface area is 103 Å². The van der Waals surface area contributed by atoms with Crippen LogP contribution < -0.4 is 0 Å². The zero-order valence-electron chi connectivity index (χ0n) is 9.16. The van der Waals surface area contributed by atoms with Crippen molar-refractivity contribution in [3.63, 3.8) is 0 Å². The highest BCUT2D eigenvalue weighted by atomic mass is 79.9. The summed E-state index contributed by atoms with van der Waals surface area (Å²) in [5, 5.41) is 9.03. The third-order valence-electron chi connectivity index (χ3n) is 2.38. The molecule has 4 heteroatoms. The maximum absolute atomic E-state index is 11.3. The molecule has 0 aliphatic carbocycles. The fourth-order valence-corrected chi connectivity index (χ4v) is 1.83. The minimum Gasteiger partial charge on any atom is -0.478 e. The summed E-state index contributed by atoms with van der Waals surface area (Å²) >= 11 is 3.22. The fourth-order valence-electron chi connectivity index (χ4n) is 1.46. The van der Waals surface area contributed by atoms with Gasteiger partial charge in [-0.2, -0.15) is 0 Å². The van der Waals surface area contributed by atoms with E-state index in [1.165, 1.54) is 6.92 Å². The van der Waals surface area contributed by atoms with Gasteiger partial charge in [0, 0.05) is 0 Å². The molecule has 1 aromatic carbocycles. The molecule has 16 heavy (non-hydrogen) atoms. The van der Waals surface area contributed by atoms with E-state index in [9.17, 15) is 9.59 Å². The average Bonchev–Trinajstić information content (AvgIpc) is 2.26. The molecule has 0 amide bonds. The first-order valence-corrected chi connectivity index (χ1v) is 5.89. The number of carbonyl (C=O) groups is 2. The number of carboxylic acid groups (broad SMARTS) is 1. The van der Waals surface area contributed by atoms with E-state index in [2.05, 4.69) is 15.9 Å². The molecular formula is C12H13BrO3. The number of benzene rings is 1. The molecule has 0 aromatic heterocycles. The van der Waals surface area contributed by atoms with E-state index in [1.54, 1.807) is 18.2 Å². The molecule has 1 N–H and O–H groups in total. The van der Waals surface area contributed by atoms with Crippen LogP contribution in [0.4, 0.5) is 0 Å². The predicted molar refractivity (Wildman–Crippen MR) is 65.1 cm³/mol. The number of ketones is 1. The second-order valence-corrected chi connectivity index (χ2v) is 4.47. The summed E-state index contributed by atoms with van der Waals surface area (Å²) in [6.07, 6.45) is 0.810. The van der Waals surface area contributed by atoms with Gasteiger partial charge in [-0.15, -0.1) is 0 Å². The van der Waals surface area contributed by atoms with Crippen molar-refractivity contribution in [1.82, 2.24) is 0 Å². The number of carbonyl (C=O) groups excluding carboxylic acids is 1. The van der Waals surface area contributed by atoms with Gasteiger partial charge in [0.05, 0.1) is 10.4 Å². The van der Waals surface area contributed by atoms with Crippen molar-refractivity contribution in [1.29, 1.82) is 0 Å². The van der Waals surface area contributed by atoms with E-state index >= 15 is 0 Å². The minimum atomic E-state index is -1.01. The standard InChI is InChI=1S/C12H13BrO3/c1-3-8-4-5-9(12(15)16)10(6-8)11(13)7(2)14/h4-6,11H,3H2,1-2H3,(H,15,16). The second-order valence-electron chi connectivity index (χ2n) is 3.55. The predicted octanol–water partition coefficient (Wildman–Crippen LogP) is 2.97. The Balaban J connectivity index is 3.30. The van der Waals surface area contributed by atoms with Crippen molar-refractivity contribution < 1.29 is 14.7 Å². The number of hydrogen-bond acceptors (Lipinski definition) is 2. The second kappa shape index (κ2) is 5.25. The number of hydrogen-bond donors (Lipinski definition) is 1. The molecule has 0 saturated carbocycles. The third kappa shape index (κ3) is 2.70. The van der Waals surface area contributed by atoms with Crippen molar-refractivity contribution >= 4 is 27.7 Å². The van der Waals surface area contributed by atoms with Crippen LogP contribution in [0.25, 0.3) is 0 Å². The van der Waals surface area contributed by atoms with Gasteiger partial charge in [-0.3, -0.25) is 4.79 Å². The van der Waals surface area contributed by atoms with Gasteiger partial charge in [0.25, 0.3) is 0 Å². The molecule has 0 aliphatic rings. The maximum atomic E-state index is 11.3. The van der Waals surface area contributed by atoms with E-state index in [1.807, 2.05) is 6.92 Å². The minimum absolute atomic E-state index is 0.101. The first-order valence-electron chi connectivity index (χ1n) is 4.98. The fraction of sp³-hybridized carbons (Fsp3) is 0.333. The number of aromatic carboxylic acids is 1. The molecule has 0 saturated heterocycles. The molecule has 0 aliphatic heterocycles. The largest absolute Gasteiger partial charge is 0.478 e. The Hall–Kier alpha value is -1.16. The van der Waals surface area contributed by atoms with E-state index < -0.39 is 10.8 Å². The number of carboxylic acids is 1. The van der Waals surface area contributed by atoms with Gasteiger partial charge in [0.1, 0.15) is 5.78 Å². The number of halogens is 1. The first kappa shape index (κ1) is 12.9. The zero-order valence-corrected chi connectivity index (χ0v) is 10.7. The van der Waals surface area contributed by atoms with Crippen molar-refractivity contribution in [3.05, 3.63) is 34.9 Å². The van der Waals surface area contributed by atoms with Crippen LogP contribution in [0.5, 0.6) is 0 Å². The maximum Gasteiger partial charge on any atom is 0.336 e. The molecule has 1 rings (SSSR count). The van der Waals surface area contributed by atoms with E-state index in [0.717, 1.165) is 12.0 Å². The van der Waals surface area contributed by atoms with Crippen molar-refractivity contribution in [2.45, 2.75) is 25.1 Å². The van der Waals surface area contributed by atoms with Crippen LogP contribution in [0.3, 0.4) is 0 Å².